The number of nitro benzene ring substituents is 1. The maximum atomic E-state index is 13.0. The topological polar surface area (TPSA) is 116 Å². The van der Waals surface area contributed by atoms with Crippen molar-refractivity contribution in [1.82, 2.24) is 0 Å². The highest BCUT2D eigenvalue weighted by atomic mass is 16.7. The van der Waals surface area contributed by atoms with Crippen LogP contribution in [0.1, 0.15) is 22.3 Å². The van der Waals surface area contributed by atoms with Crippen LogP contribution in [0, 0.1) is 10.1 Å². The number of ether oxygens (including phenoxy) is 6. The van der Waals surface area contributed by atoms with E-state index in [1.165, 1.54) is 19.2 Å². The van der Waals surface area contributed by atoms with Crippen LogP contribution in [0.2, 0.25) is 0 Å². The van der Waals surface area contributed by atoms with Gasteiger partial charge >= 0.3 is 5.97 Å². The standard InChI is InChI=1S/C36H37NO9/c1-41-36-35(45-24-28-17-9-4-10-18-28)34(44-23-27-15-7-3-8-16-27)33(43-22-26-13-5-2-6-14-26)31(46-36)25-42-32(38)21-29-19-11-12-20-30(29)37(39)40/h2-20,31,33-36H,21-25H2,1H3/t31-,33-,34+,35-,36+/m1/s1. The maximum Gasteiger partial charge on any atom is 0.310 e. The van der Waals surface area contributed by atoms with Crippen LogP contribution in [-0.4, -0.2) is 55.3 Å². The summed E-state index contributed by atoms with van der Waals surface area (Å²) in [5.41, 5.74) is 2.97. The number of nitro groups is 1. The van der Waals surface area contributed by atoms with Gasteiger partial charge in [0.15, 0.2) is 6.29 Å². The van der Waals surface area contributed by atoms with Gasteiger partial charge in [0.2, 0.25) is 0 Å². The minimum atomic E-state index is -0.875. The van der Waals surface area contributed by atoms with Gasteiger partial charge in [-0.05, 0) is 16.7 Å². The molecule has 5 atom stereocenters. The molecule has 5 rings (SSSR count). The molecule has 0 saturated carbocycles. The first kappa shape index (κ1) is 32.9. The number of rotatable bonds is 15. The fourth-order valence-electron chi connectivity index (χ4n) is 5.29. The zero-order valence-electron chi connectivity index (χ0n) is 25.5. The van der Waals surface area contributed by atoms with E-state index in [1.807, 2.05) is 91.0 Å². The SMILES string of the molecule is CO[C@H]1O[C@H](COC(=O)Cc2ccccc2[N+](=O)[O-])[C@@H](OCc2ccccc2)[C@H](OCc2ccccc2)[C@H]1OCc1ccccc1. The summed E-state index contributed by atoms with van der Waals surface area (Å²) in [5, 5.41) is 11.5. The van der Waals surface area contributed by atoms with Crippen molar-refractivity contribution in [2.45, 2.75) is 56.9 Å². The smallest absolute Gasteiger partial charge is 0.310 e. The monoisotopic (exact) mass is 627 g/mol. The highest BCUT2D eigenvalue weighted by Gasteiger charge is 2.49. The number of esters is 1. The summed E-state index contributed by atoms with van der Waals surface area (Å²) >= 11 is 0. The van der Waals surface area contributed by atoms with Gasteiger partial charge < -0.3 is 28.4 Å². The first-order chi connectivity index (χ1) is 22.5. The molecule has 46 heavy (non-hydrogen) atoms. The number of methoxy groups -OCH3 is 1. The van der Waals surface area contributed by atoms with Crippen molar-refractivity contribution < 1.29 is 38.1 Å². The summed E-state index contributed by atoms with van der Waals surface area (Å²) in [6.07, 6.45) is -4.08. The van der Waals surface area contributed by atoms with Crippen molar-refractivity contribution in [2.75, 3.05) is 13.7 Å². The third kappa shape index (κ3) is 9.06. The van der Waals surface area contributed by atoms with Crippen LogP contribution < -0.4 is 0 Å². The summed E-state index contributed by atoms with van der Waals surface area (Å²) < 4.78 is 37.2. The van der Waals surface area contributed by atoms with Crippen molar-refractivity contribution in [1.29, 1.82) is 0 Å². The molecular weight excluding hydrogens is 590 g/mol. The molecule has 1 aliphatic heterocycles. The summed E-state index contributed by atoms with van der Waals surface area (Å²) in [6, 6.07) is 35.2. The molecule has 0 amide bonds. The molecule has 1 heterocycles. The molecular formula is C36H37NO9. The van der Waals surface area contributed by atoms with Gasteiger partial charge in [0.05, 0.1) is 31.2 Å². The average Bonchev–Trinajstić information content (AvgIpc) is 3.09. The summed E-state index contributed by atoms with van der Waals surface area (Å²) in [5.74, 6) is -0.641. The zero-order valence-corrected chi connectivity index (χ0v) is 25.5. The number of para-hydroxylation sites is 1. The molecule has 0 radical (unpaired) electrons. The van der Waals surface area contributed by atoms with Crippen LogP contribution in [0.4, 0.5) is 5.69 Å². The molecule has 1 saturated heterocycles. The molecule has 4 aromatic rings. The molecule has 0 aromatic heterocycles. The lowest BCUT2D eigenvalue weighted by molar-refractivity contribution is -0.385. The minimum Gasteiger partial charge on any atom is -0.463 e. The number of hydrogen-bond acceptors (Lipinski definition) is 9. The van der Waals surface area contributed by atoms with Gasteiger partial charge in [-0.2, -0.15) is 0 Å². The van der Waals surface area contributed by atoms with Gasteiger partial charge in [0, 0.05) is 18.7 Å². The second-order valence-electron chi connectivity index (χ2n) is 10.8. The third-order valence-corrected chi connectivity index (χ3v) is 7.61. The molecule has 0 unspecified atom stereocenters. The molecule has 240 valence electrons. The maximum absolute atomic E-state index is 13.0. The fraction of sp³-hybridized carbons (Fsp3) is 0.306. The minimum absolute atomic E-state index is 0.148. The lowest BCUT2D eigenvalue weighted by Gasteiger charge is -2.45. The fourth-order valence-corrected chi connectivity index (χ4v) is 5.29. The Bertz CT molecular complexity index is 1520. The normalized spacial score (nSPS) is 21.0. The van der Waals surface area contributed by atoms with Crippen molar-refractivity contribution in [3.8, 4) is 0 Å². The van der Waals surface area contributed by atoms with Gasteiger partial charge in [0.1, 0.15) is 31.0 Å². The largest absolute Gasteiger partial charge is 0.463 e. The van der Waals surface area contributed by atoms with E-state index >= 15 is 0 Å². The van der Waals surface area contributed by atoms with Crippen molar-refractivity contribution in [3.05, 3.63) is 148 Å². The van der Waals surface area contributed by atoms with Gasteiger partial charge in [0.25, 0.3) is 5.69 Å². The Morgan fingerprint density at radius 1 is 0.696 bits per heavy atom. The molecule has 0 N–H and O–H groups in total. The lowest BCUT2D eigenvalue weighted by Crippen LogP contribution is -2.61. The van der Waals surface area contributed by atoms with Crippen LogP contribution >= 0.6 is 0 Å². The Hall–Kier alpha value is -4.45. The van der Waals surface area contributed by atoms with Crippen LogP contribution in [0.3, 0.4) is 0 Å². The van der Waals surface area contributed by atoms with Crippen molar-refractivity contribution >= 4 is 11.7 Å². The molecule has 1 aliphatic rings. The molecule has 0 spiro atoms. The van der Waals surface area contributed by atoms with Gasteiger partial charge in [-0.15, -0.1) is 0 Å². The van der Waals surface area contributed by atoms with E-state index in [4.69, 9.17) is 28.4 Å². The Labute approximate surface area is 267 Å². The number of benzene rings is 4. The van der Waals surface area contributed by atoms with Crippen molar-refractivity contribution in [3.63, 3.8) is 0 Å². The first-order valence-electron chi connectivity index (χ1n) is 15.0. The van der Waals surface area contributed by atoms with Crippen LogP contribution in [0.15, 0.2) is 115 Å². The number of carbonyl (C=O) groups excluding carboxylic acids is 1. The van der Waals surface area contributed by atoms with E-state index in [9.17, 15) is 14.9 Å². The number of hydrogen-bond donors (Lipinski definition) is 0. The van der Waals surface area contributed by atoms with E-state index in [0.29, 0.717) is 0 Å². The van der Waals surface area contributed by atoms with Gasteiger partial charge in [-0.25, -0.2) is 0 Å². The predicted octanol–water partition coefficient (Wildman–Crippen LogP) is 5.81. The molecule has 0 aliphatic carbocycles. The van der Waals surface area contributed by atoms with Gasteiger partial charge in [-0.1, -0.05) is 109 Å². The summed E-state index contributed by atoms with van der Waals surface area (Å²) in [6.45, 7) is 0.586. The van der Waals surface area contributed by atoms with E-state index in [2.05, 4.69) is 0 Å². The Balaban J connectivity index is 1.38. The summed E-state index contributed by atoms with van der Waals surface area (Å²) in [4.78, 5) is 23.9. The van der Waals surface area contributed by atoms with E-state index in [1.54, 1.807) is 12.1 Å². The van der Waals surface area contributed by atoms with E-state index in [-0.39, 0.29) is 44.1 Å². The quantitative estimate of drug-likeness (QED) is 0.0915. The first-order valence-corrected chi connectivity index (χ1v) is 15.0. The Morgan fingerprint density at radius 2 is 1.17 bits per heavy atom. The Morgan fingerprint density at radius 3 is 1.70 bits per heavy atom. The molecule has 0 bridgehead atoms. The molecule has 4 aromatic carbocycles. The highest BCUT2D eigenvalue weighted by molar-refractivity contribution is 5.74. The second-order valence-corrected chi connectivity index (χ2v) is 10.8. The third-order valence-electron chi connectivity index (χ3n) is 7.61. The van der Waals surface area contributed by atoms with Crippen molar-refractivity contribution in [2.24, 2.45) is 0 Å². The van der Waals surface area contributed by atoms with Crippen LogP contribution in [-0.2, 0) is 59.5 Å². The predicted molar refractivity (Wildman–Crippen MR) is 168 cm³/mol. The molecule has 10 nitrogen and oxygen atoms in total. The zero-order chi connectivity index (χ0) is 32.1. The lowest BCUT2D eigenvalue weighted by atomic mass is 9.97. The average molecular weight is 628 g/mol. The highest BCUT2D eigenvalue weighted by Crippen LogP contribution is 2.31. The summed E-state index contributed by atoms with van der Waals surface area (Å²) in [7, 11) is 1.51. The van der Waals surface area contributed by atoms with E-state index in [0.717, 1.165) is 16.7 Å². The second kappa shape index (κ2) is 16.7. The van der Waals surface area contributed by atoms with E-state index < -0.39 is 41.6 Å². The molecule has 10 heteroatoms. The van der Waals surface area contributed by atoms with Gasteiger partial charge in [-0.3, -0.25) is 14.9 Å². The van der Waals surface area contributed by atoms with Crippen LogP contribution in [0.5, 0.6) is 0 Å². The van der Waals surface area contributed by atoms with Crippen LogP contribution in [0.25, 0.3) is 0 Å². The number of carbonyl (C=O) groups is 1. The Kier molecular flexibility index (Phi) is 12.0. The molecule has 1 fully saturated rings. The number of nitrogens with zero attached hydrogens (tertiary/aromatic N) is 1.